The number of carbonyl (C=O) groups is 3. The summed E-state index contributed by atoms with van der Waals surface area (Å²) in [5, 5.41) is 14.9. The third-order valence-corrected chi connectivity index (χ3v) is 5.21. The van der Waals surface area contributed by atoms with Gasteiger partial charge in [0.25, 0.3) is 0 Å². The van der Waals surface area contributed by atoms with Crippen LogP contribution < -0.4 is 15.4 Å². The van der Waals surface area contributed by atoms with Crippen LogP contribution in [0.5, 0.6) is 5.75 Å². The van der Waals surface area contributed by atoms with Crippen LogP contribution in [0.15, 0.2) is 54.6 Å². The third-order valence-electron chi connectivity index (χ3n) is 5.21. The van der Waals surface area contributed by atoms with Crippen LogP contribution >= 0.6 is 0 Å². The van der Waals surface area contributed by atoms with E-state index in [-0.39, 0.29) is 18.7 Å². The van der Waals surface area contributed by atoms with Crippen molar-refractivity contribution in [3.8, 4) is 5.75 Å². The molecule has 0 aliphatic carbocycles. The lowest BCUT2D eigenvalue weighted by Crippen LogP contribution is -2.43. The molecule has 0 radical (unpaired) electrons. The first-order valence-electron chi connectivity index (χ1n) is 12.4. The molecule has 0 aliphatic heterocycles. The third kappa shape index (κ3) is 12.2. The van der Waals surface area contributed by atoms with Crippen molar-refractivity contribution in [3.05, 3.63) is 65.7 Å². The number of ether oxygens (including phenoxy) is 2. The summed E-state index contributed by atoms with van der Waals surface area (Å²) in [6, 6.07) is 15.5. The Kier molecular flexibility index (Phi) is 11.8. The minimum Gasteiger partial charge on any atom is -0.494 e. The minimum atomic E-state index is -1.07. The Morgan fingerprint density at radius 2 is 1.56 bits per heavy atom. The number of carbonyl (C=O) groups excluding carboxylic acids is 2. The summed E-state index contributed by atoms with van der Waals surface area (Å²) >= 11 is 0. The average Bonchev–Trinajstić information content (AvgIpc) is 2.80. The molecular weight excluding hydrogens is 460 g/mol. The second-order valence-electron chi connectivity index (χ2n) is 9.66. The van der Waals surface area contributed by atoms with Crippen LogP contribution in [0.4, 0.5) is 4.79 Å². The van der Waals surface area contributed by atoms with Crippen LogP contribution in [-0.2, 0) is 27.2 Å². The molecule has 0 aromatic heterocycles. The van der Waals surface area contributed by atoms with Crippen molar-refractivity contribution in [2.75, 3.05) is 13.2 Å². The maximum Gasteiger partial charge on any atom is 0.407 e. The van der Waals surface area contributed by atoms with E-state index >= 15 is 0 Å². The molecule has 0 fully saturated rings. The first-order valence-corrected chi connectivity index (χ1v) is 12.4. The molecule has 2 aromatic carbocycles. The number of unbranched alkanes of at least 4 members (excludes halogenated alkanes) is 3. The molecular formula is C28H38N2O6. The molecule has 1 atom stereocenters. The largest absolute Gasteiger partial charge is 0.494 e. The lowest BCUT2D eigenvalue weighted by atomic mass is 10.1. The Balaban J connectivity index is 1.64. The maximum absolute atomic E-state index is 12.3. The molecule has 196 valence electrons. The number of carboxylic acids is 1. The Morgan fingerprint density at radius 3 is 2.19 bits per heavy atom. The van der Waals surface area contributed by atoms with Crippen LogP contribution in [0.3, 0.4) is 0 Å². The normalized spacial score (nSPS) is 11.9. The van der Waals surface area contributed by atoms with Crippen LogP contribution in [0.1, 0.15) is 57.6 Å². The van der Waals surface area contributed by atoms with Gasteiger partial charge >= 0.3 is 12.1 Å². The summed E-state index contributed by atoms with van der Waals surface area (Å²) in [6.07, 6.45) is 3.66. The number of hydrogen-bond donors (Lipinski definition) is 3. The lowest BCUT2D eigenvalue weighted by molar-refractivity contribution is -0.141. The van der Waals surface area contributed by atoms with E-state index in [9.17, 15) is 19.5 Å². The molecule has 0 aliphatic rings. The zero-order valence-electron chi connectivity index (χ0n) is 21.4. The van der Waals surface area contributed by atoms with E-state index in [4.69, 9.17) is 9.47 Å². The second kappa shape index (κ2) is 14.8. The highest BCUT2D eigenvalue weighted by atomic mass is 16.6. The highest BCUT2D eigenvalue weighted by Crippen LogP contribution is 2.15. The monoisotopic (exact) mass is 498 g/mol. The smallest absolute Gasteiger partial charge is 0.407 e. The molecule has 0 saturated carbocycles. The van der Waals surface area contributed by atoms with Gasteiger partial charge in [-0.1, -0.05) is 55.3 Å². The summed E-state index contributed by atoms with van der Waals surface area (Å²) < 4.78 is 11.0. The van der Waals surface area contributed by atoms with E-state index in [0.717, 1.165) is 36.8 Å². The van der Waals surface area contributed by atoms with Gasteiger partial charge in [-0.25, -0.2) is 9.59 Å². The molecule has 2 amide bonds. The molecule has 8 heteroatoms. The predicted octanol–water partition coefficient (Wildman–Crippen LogP) is 4.51. The summed E-state index contributed by atoms with van der Waals surface area (Å²) in [5.74, 6) is -0.683. The van der Waals surface area contributed by atoms with Gasteiger partial charge in [-0.3, -0.25) is 4.79 Å². The first-order chi connectivity index (χ1) is 17.1. The first kappa shape index (κ1) is 28.7. The number of hydrogen-bond acceptors (Lipinski definition) is 5. The van der Waals surface area contributed by atoms with Crippen molar-refractivity contribution in [2.45, 2.75) is 70.9 Å². The van der Waals surface area contributed by atoms with E-state index in [1.807, 2.05) is 75.4 Å². The van der Waals surface area contributed by atoms with E-state index in [1.165, 1.54) is 0 Å². The number of carboxylic acid groups (broad SMARTS) is 1. The van der Waals surface area contributed by atoms with E-state index in [2.05, 4.69) is 10.6 Å². The molecule has 0 saturated heterocycles. The molecule has 2 rings (SSSR count). The van der Waals surface area contributed by atoms with E-state index < -0.39 is 23.7 Å². The molecule has 1 unspecified atom stereocenters. The highest BCUT2D eigenvalue weighted by molar-refractivity contribution is 5.85. The molecule has 3 N–H and O–H groups in total. The maximum atomic E-state index is 12.3. The highest BCUT2D eigenvalue weighted by Gasteiger charge is 2.20. The Morgan fingerprint density at radius 1 is 0.889 bits per heavy atom. The topological polar surface area (TPSA) is 114 Å². The van der Waals surface area contributed by atoms with Gasteiger partial charge in [-0.05, 0) is 56.9 Å². The second-order valence-corrected chi connectivity index (χ2v) is 9.66. The SMILES string of the molecule is CC(C)(C)OC(=O)NCCCCCCOc1ccc(CC(NC(=O)Cc2ccccc2)C(=O)O)cc1. The van der Waals surface area contributed by atoms with Crippen LogP contribution in [0.2, 0.25) is 0 Å². The van der Waals surface area contributed by atoms with Crippen molar-refractivity contribution in [3.63, 3.8) is 0 Å². The van der Waals surface area contributed by atoms with Gasteiger partial charge < -0.3 is 25.2 Å². The van der Waals surface area contributed by atoms with Crippen molar-refractivity contribution < 1.29 is 29.0 Å². The number of alkyl carbamates (subject to hydrolysis) is 1. The number of benzene rings is 2. The van der Waals surface area contributed by atoms with E-state index in [0.29, 0.717) is 18.9 Å². The van der Waals surface area contributed by atoms with Crippen LogP contribution in [0, 0.1) is 0 Å². The fraction of sp³-hybridized carbons (Fsp3) is 0.464. The summed E-state index contributed by atoms with van der Waals surface area (Å²) in [4.78, 5) is 35.5. The quantitative estimate of drug-likeness (QED) is 0.330. The standard InChI is InChI=1S/C28H38N2O6/c1-28(2,3)36-27(34)29-17-9-4-5-10-18-35-23-15-13-22(14-16-23)19-24(26(32)33)30-25(31)20-21-11-7-6-8-12-21/h6-8,11-16,24H,4-5,9-10,17-20H2,1-3H3,(H,29,34)(H,30,31)(H,32,33). The van der Waals surface area contributed by atoms with E-state index in [1.54, 1.807) is 0 Å². The van der Waals surface area contributed by atoms with Crippen LogP contribution in [-0.4, -0.2) is 47.9 Å². The number of amides is 2. The molecule has 0 heterocycles. The lowest BCUT2D eigenvalue weighted by Gasteiger charge is -2.19. The Labute approximate surface area is 213 Å². The fourth-order valence-electron chi connectivity index (χ4n) is 3.46. The Bertz CT molecular complexity index is 954. The van der Waals surface area contributed by atoms with Gasteiger partial charge in [0.15, 0.2) is 0 Å². The average molecular weight is 499 g/mol. The minimum absolute atomic E-state index is 0.137. The molecule has 8 nitrogen and oxygen atoms in total. The van der Waals surface area contributed by atoms with Crippen molar-refractivity contribution in [1.29, 1.82) is 0 Å². The van der Waals surface area contributed by atoms with Gasteiger partial charge in [-0.2, -0.15) is 0 Å². The Hall–Kier alpha value is -3.55. The number of aliphatic carboxylic acids is 1. The van der Waals surface area contributed by atoms with Crippen molar-refractivity contribution >= 4 is 18.0 Å². The van der Waals surface area contributed by atoms with Gasteiger partial charge in [0.1, 0.15) is 17.4 Å². The summed E-state index contributed by atoms with van der Waals surface area (Å²) in [7, 11) is 0. The van der Waals surface area contributed by atoms with Crippen molar-refractivity contribution in [1.82, 2.24) is 10.6 Å². The summed E-state index contributed by atoms with van der Waals surface area (Å²) in [6.45, 7) is 6.66. The predicted molar refractivity (Wildman–Crippen MR) is 138 cm³/mol. The number of nitrogens with one attached hydrogen (secondary N) is 2. The fourth-order valence-corrected chi connectivity index (χ4v) is 3.46. The van der Waals surface area contributed by atoms with Gasteiger partial charge in [-0.15, -0.1) is 0 Å². The molecule has 0 bridgehead atoms. The van der Waals surface area contributed by atoms with Gasteiger partial charge in [0, 0.05) is 13.0 Å². The molecule has 0 spiro atoms. The number of rotatable bonds is 14. The zero-order chi connectivity index (χ0) is 26.4. The van der Waals surface area contributed by atoms with Crippen molar-refractivity contribution in [2.24, 2.45) is 0 Å². The molecule has 36 heavy (non-hydrogen) atoms. The zero-order valence-corrected chi connectivity index (χ0v) is 21.4. The van der Waals surface area contributed by atoms with Gasteiger partial charge in [0.2, 0.25) is 5.91 Å². The van der Waals surface area contributed by atoms with Crippen LogP contribution in [0.25, 0.3) is 0 Å². The summed E-state index contributed by atoms with van der Waals surface area (Å²) in [5.41, 5.74) is 1.14. The molecule has 2 aromatic rings. The van der Waals surface area contributed by atoms with Gasteiger partial charge in [0.05, 0.1) is 13.0 Å².